The van der Waals surface area contributed by atoms with E-state index in [4.69, 9.17) is 9.88 Å². The second-order valence-electron chi connectivity index (χ2n) is 5.13. The summed E-state index contributed by atoms with van der Waals surface area (Å²) in [5, 5.41) is 5.10. The lowest BCUT2D eigenvalue weighted by Crippen LogP contribution is -2.41. The predicted octanol–water partition coefficient (Wildman–Crippen LogP) is 0.283. The number of hydrogen-bond acceptors (Lipinski definition) is 5. The molecule has 0 bridgehead atoms. The number of likely N-dealkylation sites (N-methyl/N-ethyl adjacent to an activating group) is 2. The zero-order chi connectivity index (χ0) is 18.5. The Balaban J connectivity index is 3.11. The minimum Gasteiger partial charge on any atom is -0.496 e. The molecule has 24 heavy (non-hydrogen) atoms. The van der Waals surface area contributed by atoms with Crippen molar-refractivity contribution in [3.05, 3.63) is 23.8 Å². The number of hydrogen-bond donors (Lipinski definition) is 1. The lowest BCUT2D eigenvalue weighted by Gasteiger charge is -2.23. The lowest BCUT2D eigenvalue weighted by molar-refractivity contribution is -0.131. The third-order valence-electron chi connectivity index (χ3n) is 3.57. The van der Waals surface area contributed by atoms with E-state index >= 15 is 0 Å². The van der Waals surface area contributed by atoms with E-state index in [1.807, 2.05) is 13.8 Å². The third kappa shape index (κ3) is 4.68. The van der Waals surface area contributed by atoms with Crippen LogP contribution in [0.5, 0.6) is 5.75 Å². The maximum atomic E-state index is 12.6. The first kappa shape index (κ1) is 19.9. The minimum atomic E-state index is -3.96. The maximum absolute atomic E-state index is 12.6. The van der Waals surface area contributed by atoms with Gasteiger partial charge in [0.15, 0.2) is 0 Å². The number of primary sulfonamides is 1. The van der Waals surface area contributed by atoms with E-state index in [0.717, 1.165) is 6.07 Å². The standard InChI is InChI=1S/C15H23N3O5S/c1-5-18(6-2)14(19)10-17(3)15(20)12-9-11(24(16,21)22)7-8-13(12)23-4/h7-9H,5-6,10H2,1-4H3,(H2,16,21,22). The maximum Gasteiger partial charge on any atom is 0.257 e. The first-order valence-corrected chi connectivity index (χ1v) is 8.94. The summed E-state index contributed by atoms with van der Waals surface area (Å²) in [6, 6.07) is 3.76. The Morgan fingerprint density at radius 2 is 1.79 bits per heavy atom. The summed E-state index contributed by atoms with van der Waals surface area (Å²) in [7, 11) is -1.13. The topological polar surface area (TPSA) is 110 Å². The Kier molecular flexibility index (Phi) is 6.73. The molecule has 0 aliphatic heterocycles. The van der Waals surface area contributed by atoms with Crippen molar-refractivity contribution >= 4 is 21.8 Å². The van der Waals surface area contributed by atoms with Crippen LogP contribution >= 0.6 is 0 Å². The van der Waals surface area contributed by atoms with Gasteiger partial charge in [0, 0.05) is 20.1 Å². The monoisotopic (exact) mass is 357 g/mol. The molecule has 0 heterocycles. The highest BCUT2D eigenvalue weighted by atomic mass is 32.2. The van der Waals surface area contributed by atoms with Crippen LogP contribution in [0.2, 0.25) is 0 Å². The molecule has 0 unspecified atom stereocenters. The summed E-state index contributed by atoms with van der Waals surface area (Å²) in [4.78, 5) is 27.3. The van der Waals surface area contributed by atoms with E-state index < -0.39 is 15.9 Å². The smallest absolute Gasteiger partial charge is 0.257 e. The lowest BCUT2D eigenvalue weighted by atomic mass is 10.1. The van der Waals surface area contributed by atoms with Crippen LogP contribution in [0.15, 0.2) is 23.1 Å². The molecule has 0 radical (unpaired) electrons. The Bertz CT molecular complexity index is 714. The average Bonchev–Trinajstić information content (AvgIpc) is 2.53. The Hall–Kier alpha value is -2.13. The molecule has 1 aromatic rings. The zero-order valence-corrected chi connectivity index (χ0v) is 15.1. The van der Waals surface area contributed by atoms with Crippen LogP contribution in [0.3, 0.4) is 0 Å². The second-order valence-corrected chi connectivity index (χ2v) is 6.70. The molecule has 0 spiro atoms. The average molecular weight is 357 g/mol. The quantitative estimate of drug-likeness (QED) is 0.754. The summed E-state index contributed by atoms with van der Waals surface area (Å²) in [6.07, 6.45) is 0. The van der Waals surface area contributed by atoms with Crippen molar-refractivity contribution in [3.63, 3.8) is 0 Å². The second kappa shape index (κ2) is 8.11. The number of amides is 2. The molecule has 1 aromatic carbocycles. The van der Waals surface area contributed by atoms with Crippen molar-refractivity contribution in [2.75, 3.05) is 33.8 Å². The van der Waals surface area contributed by atoms with Crippen molar-refractivity contribution in [1.29, 1.82) is 0 Å². The van der Waals surface area contributed by atoms with Gasteiger partial charge < -0.3 is 14.5 Å². The van der Waals surface area contributed by atoms with Crippen molar-refractivity contribution in [2.45, 2.75) is 18.7 Å². The molecule has 0 fully saturated rings. The van der Waals surface area contributed by atoms with Gasteiger partial charge in [-0.3, -0.25) is 9.59 Å². The zero-order valence-electron chi connectivity index (χ0n) is 14.3. The number of sulfonamides is 1. The van der Waals surface area contributed by atoms with Crippen molar-refractivity contribution < 1.29 is 22.7 Å². The van der Waals surface area contributed by atoms with Crippen LogP contribution in [-0.2, 0) is 14.8 Å². The van der Waals surface area contributed by atoms with Crippen LogP contribution in [-0.4, -0.2) is 63.8 Å². The van der Waals surface area contributed by atoms with Crippen molar-refractivity contribution in [1.82, 2.24) is 9.80 Å². The molecule has 1 rings (SSSR count). The number of benzene rings is 1. The molecule has 8 nitrogen and oxygen atoms in total. The van der Waals surface area contributed by atoms with Gasteiger partial charge in [-0.1, -0.05) is 0 Å². The fraction of sp³-hybridized carbons (Fsp3) is 0.467. The summed E-state index contributed by atoms with van der Waals surface area (Å²) in [5.41, 5.74) is 0.0267. The van der Waals surface area contributed by atoms with Gasteiger partial charge in [-0.2, -0.15) is 0 Å². The van der Waals surface area contributed by atoms with Gasteiger partial charge in [-0.15, -0.1) is 0 Å². The van der Waals surface area contributed by atoms with E-state index in [1.165, 1.54) is 31.2 Å². The molecule has 0 aliphatic carbocycles. The van der Waals surface area contributed by atoms with Crippen molar-refractivity contribution in [3.8, 4) is 5.75 Å². The van der Waals surface area contributed by atoms with E-state index in [-0.39, 0.29) is 28.7 Å². The molecule has 0 aliphatic rings. The van der Waals surface area contributed by atoms with Gasteiger partial charge in [-0.05, 0) is 32.0 Å². The van der Waals surface area contributed by atoms with E-state index in [2.05, 4.69) is 0 Å². The summed E-state index contributed by atoms with van der Waals surface area (Å²) in [6.45, 7) is 4.66. The van der Waals surface area contributed by atoms with E-state index in [1.54, 1.807) is 4.90 Å². The highest BCUT2D eigenvalue weighted by Crippen LogP contribution is 2.23. The van der Waals surface area contributed by atoms with Gasteiger partial charge >= 0.3 is 0 Å². The molecule has 134 valence electrons. The Morgan fingerprint density at radius 1 is 1.21 bits per heavy atom. The number of rotatable bonds is 7. The summed E-state index contributed by atoms with van der Waals surface area (Å²) in [5.74, 6) is -0.523. The van der Waals surface area contributed by atoms with Crippen molar-refractivity contribution in [2.24, 2.45) is 5.14 Å². The number of carbonyl (C=O) groups is 2. The van der Waals surface area contributed by atoms with Gasteiger partial charge in [0.25, 0.3) is 5.91 Å². The normalized spacial score (nSPS) is 11.0. The molecule has 0 aromatic heterocycles. The SMILES string of the molecule is CCN(CC)C(=O)CN(C)C(=O)c1cc(S(N)(=O)=O)ccc1OC. The highest BCUT2D eigenvalue weighted by molar-refractivity contribution is 7.89. The molecule has 0 atom stereocenters. The van der Waals surface area contributed by atoms with Crippen LogP contribution in [0.25, 0.3) is 0 Å². The minimum absolute atomic E-state index is 0.0267. The molecule has 0 saturated carbocycles. The molecule has 9 heteroatoms. The van der Waals surface area contributed by atoms with Gasteiger partial charge in [0.2, 0.25) is 15.9 Å². The number of methoxy groups -OCH3 is 1. The molecule has 2 N–H and O–H groups in total. The number of ether oxygens (including phenoxy) is 1. The van der Waals surface area contributed by atoms with Gasteiger partial charge in [0.05, 0.1) is 24.1 Å². The predicted molar refractivity (Wildman–Crippen MR) is 89.3 cm³/mol. The fourth-order valence-electron chi connectivity index (χ4n) is 2.19. The molecular formula is C15H23N3O5S. The highest BCUT2D eigenvalue weighted by Gasteiger charge is 2.22. The summed E-state index contributed by atoms with van der Waals surface area (Å²) < 4.78 is 28.0. The molecule has 2 amide bonds. The van der Waals surface area contributed by atoms with E-state index in [0.29, 0.717) is 13.1 Å². The third-order valence-corrected chi connectivity index (χ3v) is 4.48. The largest absolute Gasteiger partial charge is 0.496 e. The number of nitrogens with two attached hydrogens (primary N) is 1. The Morgan fingerprint density at radius 3 is 2.25 bits per heavy atom. The Labute approximate surface area is 142 Å². The number of carbonyl (C=O) groups excluding carboxylic acids is 2. The first-order valence-electron chi connectivity index (χ1n) is 7.39. The molecular weight excluding hydrogens is 334 g/mol. The van der Waals surface area contributed by atoms with Gasteiger partial charge in [0.1, 0.15) is 5.75 Å². The molecule has 0 saturated heterocycles. The van der Waals surface area contributed by atoms with Crippen LogP contribution in [0, 0.1) is 0 Å². The summed E-state index contributed by atoms with van der Waals surface area (Å²) >= 11 is 0. The van der Waals surface area contributed by atoms with Crippen LogP contribution in [0.1, 0.15) is 24.2 Å². The fourth-order valence-corrected chi connectivity index (χ4v) is 2.73. The first-order chi connectivity index (χ1) is 11.1. The van der Waals surface area contributed by atoms with Crippen LogP contribution in [0.4, 0.5) is 0 Å². The van der Waals surface area contributed by atoms with Crippen LogP contribution < -0.4 is 9.88 Å². The van der Waals surface area contributed by atoms with Gasteiger partial charge in [-0.25, -0.2) is 13.6 Å². The van der Waals surface area contributed by atoms with E-state index in [9.17, 15) is 18.0 Å². The number of nitrogens with zero attached hydrogens (tertiary/aromatic N) is 2.